The third kappa shape index (κ3) is 2.99. The number of nitriles is 1. The van der Waals surface area contributed by atoms with Crippen molar-refractivity contribution in [1.82, 2.24) is 4.98 Å². The number of pyridine rings is 1. The van der Waals surface area contributed by atoms with Crippen molar-refractivity contribution in [2.24, 2.45) is 5.92 Å². The molecule has 1 unspecified atom stereocenters. The van der Waals surface area contributed by atoms with Crippen LogP contribution in [-0.2, 0) is 4.79 Å². The van der Waals surface area contributed by atoms with Crippen molar-refractivity contribution in [3.63, 3.8) is 0 Å². The summed E-state index contributed by atoms with van der Waals surface area (Å²) in [4.78, 5) is 31.0. The number of allylic oxidation sites excluding steroid dienone is 3. The van der Waals surface area contributed by atoms with Gasteiger partial charge in [0.05, 0.1) is 12.1 Å². The minimum atomic E-state index is -4.58. The molecule has 2 heterocycles. The van der Waals surface area contributed by atoms with Gasteiger partial charge in [-0.2, -0.15) is 27.8 Å². The molecule has 2 aliphatic rings. The molecule has 6 nitrogen and oxygen atoms in total. The molecule has 144 valence electrons. The fourth-order valence-electron chi connectivity index (χ4n) is 3.37. The van der Waals surface area contributed by atoms with Gasteiger partial charge in [0, 0.05) is 17.0 Å². The molecule has 0 radical (unpaired) electrons. The average Bonchev–Trinajstić information content (AvgIpc) is 2.70. The van der Waals surface area contributed by atoms with Gasteiger partial charge in [-0.25, -0.2) is 4.79 Å². The molecular weight excluding hydrogens is 385 g/mol. The van der Waals surface area contributed by atoms with E-state index in [0.717, 1.165) is 27.7 Å². The highest BCUT2D eigenvalue weighted by Crippen LogP contribution is 2.35. The number of fused-ring (bicyclic) bond motifs is 2. The lowest BCUT2D eigenvalue weighted by Crippen LogP contribution is -2.52. The van der Waals surface area contributed by atoms with Crippen LogP contribution in [0.3, 0.4) is 0 Å². The molecule has 0 fully saturated rings. The molecule has 1 aromatic heterocycles. The number of carbonyl (C=O) groups is 2. The van der Waals surface area contributed by atoms with Crippen LogP contribution in [0.25, 0.3) is 10.8 Å². The number of alkyl halides is 3. The van der Waals surface area contributed by atoms with E-state index in [-0.39, 0.29) is 17.0 Å². The van der Waals surface area contributed by atoms with E-state index in [2.05, 4.69) is 4.98 Å². The Hall–Kier alpha value is -3.80. The maximum atomic E-state index is 13.2. The fraction of sp³-hybridized carbons (Fsp3) is 0.150. The molecule has 0 N–H and O–H groups in total. The number of anilines is 1. The zero-order chi connectivity index (χ0) is 20.8. The molecule has 3 amide bonds. The fourth-order valence-corrected chi connectivity index (χ4v) is 3.37. The molecule has 4 rings (SSSR count). The van der Waals surface area contributed by atoms with E-state index in [1.54, 1.807) is 30.5 Å². The molecular formula is C20H12F3N4O2+. The number of imide groups is 1. The van der Waals surface area contributed by atoms with E-state index >= 15 is 0 Å². The summed E-state index contributed by atoms with van der Waals surface area (Å²) in [5.74, 6) is -2.86. The van der Waals surface area contributed by atoms with Crippen LogP contribution in [0.2, 0.25) is 0 Å². The number of hydrogen-bond donors (Lipinski definition) is 0. The van der Waals surface area contributed by atoms with Gasteiger partial charge in [-0.05, 0) is 18.2 Å². The molecule has 0 spiro atoms. The summed E-state index contributed by atoms with van der Waals surface area (Å²) >= 11 is 0. The van der Waals surface area contributed by atoms with Gasteiger partial charge in [-0.3, -0.25) is 4.98 Å². The van der Waals surface area contributed by atoms with Crippen LogP contribution in [0.15, 0.2) is 60.5 Å². The van der Waals surface area contributed by atoms with E-state index in [1.807, 2.05) is 6.07 Å². The van der Waals surface area contributed by atoms with Gasteiger partial charge in [0.15, 0.2) is 12.2 Å². The normalized spacial score (nSPS) is 19.3. The predicted octanol–water partition coefficient (Wildman–Crippen LogP) is 3.35. The number of carbonyl (C=O) groups excluding carboxylic acids is 2. The van der Waals surface area contributed by atoms with Gasteiger partial charge in [-0.1, -0.05) is 24.3 Å². The van der Waals surface area contributed by atoms with E-state index in [0.29, 0.717) is 10.8 Å². The minimum absolute atomic E-state index is 0.0218. The lowest BCUT2D eigenvalue weighted by atomic mass is 9.92. The summed E-state index contributed by atoms with van der Waals surface area (Å²) in [6.07, 6.45) is 0.972. The summed E-state index contributed by atoms with van der Waals surface area (Å²) in [6, 6.07) is 7.86. The first-order chi connectivity index (χ1) is 13.8. The SMILES string of the molecule is N#CC[N+]1=C2C=CC(C(F)(F)F)C=C2C(=O)N(c2cncc3ccccc23)C1=O. The average molecular weight is 397 g/mol. The Labute approximate surface area is 162 Å². The molecule has 0 saturated carbocycles. The van der Waals surface area contributed by atoms with Crippen LogP contribution in [0, 0.1) is 17.2 Å². The number of rotatable bonds is 2. The zero-order valence-corrected chi connectivity index (χ0v) is 14.7. The second kappa shape index (κ2) is 6.67. The van der Waals surface area contributed by atoms with Crippen molar-refractivity contribution in [2.45, 2.75) is 6.18 Å². The number of amides is 3. The van der Waals surface area contributed by atoms with Gasteiger partial charge < -0.3 is 0 Å². The van der Waals surface area contributed by atoms with Crippen molar-refractivity contribution in [2.75, 3.05) is 11.4 Å². The Morgan fingerprint density at radius 1 is 1.21 bits per heavy atom. The molecule has 1 aromatic carbocycles. The molecule has 1 atom stereocenters. The van der Waals surface area contributed by atoms with Crippen LogP contribution < -0.4 is 4.90 Å². The highest BCUT2D eigenvalue weighted by Gasteiger charge is 2.49. The molecule has 0 bridgehead atoms. The first-order valence-electron chi connectivity index (χ1n) is 8.52. The topological polar surface area (TPSA) is 77.1 Å². The summed E-state index contributed by atoms with van der Waals surface area (Å²) < 4.78 is 40.6. The lowest BCUT2D eigenvalue weighted by Gasteiger charge is -2.26. The van der Waals surface area contributed by atoms with E-state index in [1.165, 1.54) is 6.20 Å². The standard InChI is InChI=1S/C20H12F3N4O2/c21-20(22,23)13-5-6-16-15(9-13)18(28)27(19(29)26(16)8-7-24)17-11-25-10-12-3-1-2-4-14(12)17/h1-6,9-11,13H,8H2/q+1. The monoisotopic (exact) mass is 397 g/mol. The highest BCUT2D eigenvalue weighted by atomic mass is 19.4. The van der Waals surface area contributed by atoms with Crippen LogP contribution in [-0.4, -0.2) is 39.9 Å². The number of hydrogen-bond acceptors (Lipinski definition) is 4. The third-order valence-corrected chi connectivity index (χ3v) is 4.72. The maximum Gasteiger partial charge on any atom is 0.507 e. The predicted molar refractivity (Wildman–Crippen MR) is 97.1 cm³/mol. The number of aromatic nitrogens is 1. The van der Waals surface area contributed by atoms with Crippen molar-refractivity contribution < 1.29 is 27.3 Å². The van der Waals surface area contributed by atoms with Gasteiger partial charge in [0.2, 0.25) is 0 Å². The van der Waals surface area contributed by atoms with Crippen molar-refractivity contribution in [1.29, 1.82) is 5.26 Å². The largest absolute Gasteiger partial charge is 0.507 e. The van der Waals surface area contributed by atoms with E-state index in [9.17, 15) is 22.8 Å². The summed E-state index contributed by atoms with van der Waals surface area (Å²) in [6.45, 7) is -0.422. The Kier molecular flexibility index (Phi) is 4.27. The molecule has 2 aromatic rings. The second-order valence-corrected chi connectivity index (χ2v) is 6.44. The number of halogens is 3. The van der Waals surface area contributed by atoms with Crippen molar-refractivity contribution in [3.05, 3.63) is 60.5 Å². The maximum absolute atomic E-state index is 13.2. The Bertz CT molecular complexity index is 1180. The second-order valence-electron chi connectivity index (χ2n) is 6.44. The molecule has 0 saturated heterocycles. The minimum Gasteiger partial charge on any atom is -0.260 e. The Morgan fingerprint density at radius 2 is 1.97 bits per heavy atom. The number of urea groups is 1. The Morgan fingerprint density at radius 3 is 2.69 bits per heavy atom. The summed E-state index contributed by atoms with van der Waals surface area (Å²) in [5, 5.41) is 10.3. The van der Waals surface area contributed by atoms with Crippen molar-refractivity contribution >= 4 is 34.1 Å². The smallest absolute Gasteiger partial charge is 0.260 e. The van der Waals surface area contributed by atoms with Crippen LogP contribution in [0.4, 0.5) is 23.7 Å². The lowest BCUT2D eigenvalue weighted by molar-refractivity contribution is -0.411. The molecule has 1 aliphatic carbocycles. The first-order valence-corrected chi connectivity index (χ1v) is 8.52. The van der Waals surface area contributed by atoms with Crippen LogP contribution >= 0.6 is 0 Å². The first kappa shape index (κ1) is 18.6. The van der Waals surface area contributed by atoms with Gasteiger partial charge >= 0.3 is 18.1 Å². The summed E-state index contributed by atoms with van der Waals surface area (Å²) in [7, 11) is 0. The quantitative estimate of drug-likeness (QED) is 0.575. The molecule has 29 heavy (non-hydrogen) atoms. The van der Waals surface area contributed by atoms with E-state index in [4.69, 9.17) is 5.26 Å². The highest BCUT2D eigenvalue weighted by molar-refractivity contribution is 6.37. The third-order valence-electron chi connectivity index (χ3n) is 4.72. The molecule has 1 aliphatic heterocycles. The van der Waals surface area contributed by atoms with Gasteiger partial charge in [0.1, 0.15) is 17.4 Å². The van der Waals surface area contributed by atoms with Gasteiger partial charge in [-0.15, -0.1) is 4.90 Å². The van der Waals surface area contributed by atoms with Crippen molar-refractivity contribution in [3.8, 4) is 6.07 Å². The number of benzene rings is 1. The zero-order valence-electron chi connectivity index (χ0n) is 14.7. The number of nitrogens with zero attached hydrogens (tertiary/aromatic N) is 4. The molecule has 9 heteroatoms. The van der Waals surface area contributed by atoms with Crippen LogP contribution in [0.1, 0.15) is 0 Å². The van der Waals surface area contributed by atoms with Gasteiger partial charge in [0.25, 0.3) is 0 Å². The van der Waals surface area contributed by atoms with Crippen LogP contribution in [0.5, 0.6) is 0 Å². The van der Waals surface area contributed by atoms with E-state index < -0.39 is 30.6 Å². The Balaban J connectivity index is 1.93. The summed E-state index contributed by atoms with van der Waals surface area (Å²) in [5.41, 5.74) is -0.164.